The van der Waals surface area contributed by atoms with E-state index >= 15 is 0 Å². The van der Waals surface area contributed by atoms with E-state index in [-0.39, 0.29) is 18.4 Å². The number of hydrogen-bond acceptors (Lipinski definition) is 4. The Labute approximate surface area is 156 Å². The third-order valence-corrected chi connectivity index (χ3v) is 4.58. The van der Waals surface area contributed by atoms with Gasteiger partial charge in [0.15, 0.2) is 6.61 Å². The van der Waals surface area contributed by atoms with Gasteiger partial charge in [-0.3, -0.25) is 4.79 Å². The van der Waals surface area contributed by atoms with Gasteiger partial charge in [-0.05, 0) is 51.1 Å². The lowest BCUT2D eigenvalue weighted by atomic mass is 10.1. The molecule has 5 nitrogen and oxygen atoms in total. The van der Waals surface area contributed by atoms with Crippen LogP contribution in [0.2, 0.25) is 0 Å². The SMILES string of the molecule is COCC(C)n1c(C)cc(C(=O)COC(=O)c2ccc(Br)cc2)c1C. The van der Waals surface area contributed by atoms with Crippen molar-refractivity contribution in [1.29, 1.82) is 0 Å². The summed E-state index contributed by atoms with van der Waals surface area (Å²) in [5.41, 5.74) is 2.82. The normalized spacial score (nSPS) is 12.0. The van der Waals surface area contributed by atoms with Crippen LogP contribution < -0.4 is 0 Å². The molecule has 0 saturated carbocycles. The fourth-order valence-corrected chi connectivity index (χ4v) is 3.20. The van der Waals surface area contributed by atoms with E-state index in [2.05, 4.69) is 20.5 Å². The van der Waals surface area contributed by atoms with Crippen molar-refractivity contribution in [2.75, 3.05) is 20.3 Å². The standard InChI is InChI=1S/C19H22BrNO4/c1-12-9-17(14(3)21(12)13(2)10-24-4)18(22)11-25-19(23)15-5-7-16(20)8-6-15/h5-9,13H,10-11H2,1-4H3. The average molecular weight is 408 g/mol. The lowest BCUT2D eigenvalue weighted by molar-refractivity contribution is 0.0474. The van der Waals surface area contributed by atoms with Gasteiger partial charge >= 0.3 is 5.97 Å². The first-order chi connectivity index (χ1) is 11.8. The summed E-state index contributed by atoms with van der Waals surface area (Å²) >= 11 is 3.31. The molecular formula is C19H22BrNO4. The zero-order chi connectivity index (χ0) is 18.6. The smallest absolute Gasteiger partial charge is 0.338 e. The number of carbonyl (C=O) groups is 2. The molecular weight excluding hydrogens is 386 g/mol. The largest absolute Gasteiger partial charge is 0.454 e. The summed E-state index contributed by atoms with van der Waals surface area (Å²) in [4.78, 5) is 24.5. The van der Waals surface area contributed by atoms with E-state index in [0.717, 1.165) is 15.9 Å². The van der Waals surface area contributed by atoms with Crippen LogP contribution in [0.25, 0.3) is 0 Å². The van der Waals surface area contributed by atoms with Crippen molar-refractivity contribution in [3.63, 3.8) is 0 Å². The predicted molar refractivity (Wildman–Crippen MR) is 99.2 cm³/mol. The van der Waals surface area contributed by atoms with Gasteiger partial charge in [-0.2, -0.15) is 0 Å². The van der Waals surface area contributed by atoms with Crippen LogP contribution in [-0.2, 0) is 9.47 Å². The molecule has 0 radical (unpaired) electrons. The Bertz CT molecular complexity index is 764. The minimum atomic E-state index is -0.512. The van der Waals surface area contributed by atoms with Crippen LogP contribution in [0.5, 0.6) is 0 Å². The Kier molecular flexibility index (Phi) is 6.56. The fourth-order valence-electron chi connectivity index (χ4n) is 2.93. The predicted octanol–water partition coefficient (Wildman–Crippen LogP) is 4.11. The lowest BCUT2D eigenvalue weighted by Gasteiger charge is -2.17. The molecule has 0 fully saturated rings. The number of aryl methyl sites for hydroxylation is 1. The van der Waals surface area contributed by atoms with Crippen molar-refractivity contribution in [2.24, 2.45) is 0 Å². The number of methoxy groups -OCH3 is 1. The van der Waals surface area contributed by atoms with Crippen LogP contribution >= 0.6 is 15.9 Å². The van der Waals surface area contributed by atoms with Gasteiger partial charge in [0, 0.05) is 28.5 Å². The maximum atomic E-state index is 12.5. The molecule has 0 aliphatic rings. The molecule has 1 aromatic heterocycles. The number of halogens is 1. The molecule has 2 rings (SSSR count). The number of ketones is 1. The van der Waals surface area contributed by atoms with Crippen molar-refractivity contribution in [2.45, 2.75) is 26.8 Å². The number of carbonyl (C=O) groups excluding carboxylic acids is 2. The number of rotatable bonds is 7. The molecule has 134 valence electrons. The summed E-state index contributed by atoms with van der Waals surface area (Å²) in [6.07, 6.45) is 0. The van der Waals surface area contributed by atoms with Crippen LogP contribution in [0.4, 0.5) is 0 Å². The lowest BCUT2D eigenvalue weighted by Crippen LogP contribution is -2.17. The summed E-state index contributed by atoms with van der Waals surface area (Å²) < 4.78 is 13.3. The van der Waals surface area contributed by atoms with Crippen LogP contribution in [0.1, 0.15) is 45.1 Å². The van der Waals surface area contributed by atoms with E-state index in [0.29, 0.717) is 17.7 Å². The van der Waals surface area contributed by atoms with Crippen LogP contribution in [0.15, 0.2) is 34.8 Å². The summed E-state index contributed by atoms with van der Waals surface area (Å²) in [6, 6.07) is 8.76. The Balaban J connectivity index is 2.07. The van der Waals surface area contributed by atoms with Gasteiger partial charge in [0.25, 0.3) is 0 Å². The van der Waals surface area contributed by atoms with Gasteiger partial charge in [-0.15, -0.1) is 0 Å². The molecule has 6 heteroatoms. The molecule has 1 unspecified atom stereocenters. The average Bonchev–Trinajstić information content (AvgIpc) is 2.88. The number of hydrogen-bond donors (Lipinski definition) is 0. The van der Waals surface area contributed by atoms with Gasteiger partial charge in [0.05, 0.1) is 18.2 Å². The molecule has 0 amide bonds. The van der Waals surface area contributed by atoms with Gasteiger partial charge in [0.2, 0.25) is 5.78 Å². The Morgan fingerprint density at radius 3 is 2.44 bits per heavy atom. The molecule has 1 heterocycles. The summed E-state index contributed by atoms with van der Waals surface area (Å²) in [5.74, 6) is -0.725. The van der Waals surface area contributed by atoms with Crippen molar-refractivity contribution < 1.29 is 19.1 Å². The van der Waals surface area contributed by atoms with Crippen LogP contribution in [0, 0.1) is 13.8 Å². The van der Waals surface area contributed by atoms with E-state index in [4.69, 9.17) is 9.47 Å². The molecule has 0 spiro atoms. The highest BCUT2D eigenvalue weighted by molar-refractivity contribution is 9.10. The molecule has 0 N–H and O–H groups in total. The third kappa shape index (κ3) is 4.58. The Hall–Kier alpha value is -1.92. The molecule has 1 atom stereocenters. The first-order valence-corrected chi connectivity index (χ1v) is 8.77. The molecule has 25 heavy (non-hydrogen) atoms. The number of ether oxygens (including phenoxy) is 2. The zero-order valence-electron chi connectivity index (χ0n) is 14.8. The van der Waals surface area contributed by atoms with Crippen molar-refractivity contribution in [3.05, 3.63) is 57.3 Å². The summed E-state index contributed by atoms with van der Waals surface area (Å²) in [7, 11) is 1.65. The number of esters is 1. The zero-order valence-corrected chi connectivity index (χ0v) is 16.4. The van der Waals surface area contributed by atoms with Gasteiger partial charge in [0.1, 0.15) is 0 Å². The minimum Gasteiger partial charge on any atom is -0.454 e. The highest BCUT2D eigenvalue weighted by Gasteiger charge is 2.20. The number of nitrogens with zero attached hydrogens (tertiary/aromatic N) is 1. The van der Waals surface area contributed by atoms with E-state index in [9.17, 15) is 9.59 Å². The van der Waals surface area contributed by atoms with E-state index < -0.39 is 5.97 Å². The minimum absolute atomic E-state index is 0.122. The summed E-state index contributed by atoms with van der Waals surface area (Å²) in [6.45, 7) is 6.15. The third-order valence-electron chi connectivity index (χ3n) is 4.05. The first-order valence-electron chi connectivity index (χ1n) is 7.98. The van der Waals surface area contributed by atoms with Crippen LogP contribution in [-0.4, -0.2) is 36.6 Å². The molecule has 2 aromatic rings. The monoisotopic (exact) mass is 407 g/mol. The van der Waals surface area contributed by atoms with Gasteiger partial charge < -0.3 is 14.0 Å². The van der Waals surface area contributed by atoms with Gasteiger partial charge in [-0.25, -0.2) is 4.79 Å². The van der Waals surface area contributed by atoms with E-state index in [1.807, 2.05) is 26.8 Å². The van der Waals surface area contributed by atoms with Crippen molar-refractivity contribution in [1.82, 2.24) is 4.57 Å². The molecule has 0 aliphatic carbocycles. The maximum Gasteiger partial charge on any atom is 0.338 e. The second kappa shape index (κ2) is 8.45. The Morgan fingerprint density at radius 1 is 1.20 bits per heavy atom. The fraction of sp³-hybridized carbons (Fsp3) is 0.368. The molecule has 1 aromatic carbocycles. The first kappa shape index (κ1) is 19.4. The highest BCUT2D eigenvalue weighted by Crippen LogP contribution is 2.21. The van der Waals surface area contributed by atoms with Crippen LogP contribution in [0.3, 0.4) is 0 Å². The molecule has 0 saturated heterocycles. The highest BCUT2D eigenvalue weighted by atomic mass is 79.9. The van der Waals surface area contributed by atoms with Gasteiger partial charge in [-0.1, -0.05) is 15.9 Å². The van der Waals surface area contributed by atoms with Crippen molar-refractivity contribution in [3.8, 4) is 0 Å². The number of aromatic nitrogens is 1. The molecule has 0 bridgehead atoms. The maximum absolute atomic E-state index is 12.5. The number of Topliss-reactive ketones (excluding diaryl/α,β-unsaturated/α-hetero) is 1. The van der Waals surface area contributed by atoms with E-state index in [1.54, 1.807) is 31.4 Å². The second-order valence-corrected chi connectivity index (χ2v) is 6.88. The van der Waals surface area contributed by atoms with Crippen molar-refractivity contribution >= 4 is 27.7 Å². The topological polar surface area (TPSA) is 57.5 Å². The Morgan fingerprint density at radius 2 is 1.84 bits per heavy atom. The summed E-state index contributed by atoms with van der Waals surface area (Å²) in [5, 5.41) is 0. The molecule has 0 aliphatic heterocycles. The van der Waals surface area contributed by atoms with E-state index in [1.165, 1.54) is 0 Å². The number of benzene rings is 1. The quantitative estimate of drug-likeness (QED) is 0.511. The second-order valence-electron chi connectivity index (χ2n) is 5.97.